The molecule has 0 fully saturated rings. The Bertz CT molecular complexity index is 734. The fraction of sp³-hybridized carbons (Fsp3) is 0.176. The number of carbonyl (C=O) groups excluding carboxylic acids is 1. The first kappa shape index (κ1) is 17.6. The SMILES string of the molecule is CCOc1cc(/C=N/NC(=O)COc2ccccc2Cl)ccc1O. The number of hydrogen-bond acceptors (Lipinski definition) is 5. The highest BCUT2D eigenvalue weighted by molar-refractivity contribution is 6.32. The molecule has 0 aromatic heterocycles. The molecule has 0 radical (unpaired) electrons. The van der Waals surface area contributed by atoms with Crippen LogP contribution in [0.2, 0.25) is 5.02 Å². The number of halogens is 1. The van der Waals surface area contributed by atoms with Crippen LogP contribution in [0.5, 0.6) is 17.2 Å². The Kier molecular flexibility index (Phi) is 6.45. The number of nitrogens with one attached hydrogen (secondary N) is 1. The van der Waals surface area contributed by atoms with E-state index in [9.17, 15) is 9.90 Å². The van der Waals surface area contributed by atoms with Crippen LogP contribution in [-0.4, -0.2) is 30.4 Å². The van der Waals surface area contributed by atoms with Gasteiger partial charge in [0.2, 0.25) is 0 Å². The van der Waals surface area contributed by atoms with Gasteiger partial charge in [0.1, 0.15) is 5.75 Å². The largest absolute Gasteiger partial charge is 0.504 e. The topological polar surface area (TPSA) is 80.2 Å². The summed E-state index contributed by atoms with van der Waals surface area (Å²) in [6.07, 6.45) is 1.44. The van der Waals surface area contributed by atoms with Gasteiger partial charge in [-0.15, -0.1) is 0 Å². The highest BCUT2D eigenvalue weighted by atomic mass is 35.5. The van der Waals surface area contributed by atoms with Crippen molar-refractivity contribution in [1.29, 1.82) is 0 Å². The maximum atomic E-state index is 11.7. The molecular formula is C17H17ClN2O4. The van der Waals surface area contributed by atoms with E-state index in [0.29, 0.717) is 28.7 Å². The van der Waals surface area contributed by atoms with Gasteiger partial charge in [0.15, 0.2) is 18.1 Å². The number of carbonyl (C=O) groups is 1. The zero-order valence-electron chi connectivity index (χ0n) is 13.0. The van der Waals surface area contributed by atoms with E-state index in [0.717, 1.165) is 0 Å². The van der Waals surface area contributed by atoms with Crippen molar-refractivity contribution in [2.75, 3.05) is 13.2 Å². The zero-order valence-corrected chi connectivity index (χ0v) is 13.8. The van der Waals surface area contributed by atoms with E-state index in [1.807, 2.05) is 6.92 Å². The van der Waals surface area contributed by atoms with Crippen LogP contribution in [0.3, 0.4) is 0 Å². The molecule has 0 heterocycles. The van der Waals surface area contributed by atoms with Gasteiger partial charge in [-0.2, -0.15) is 5.10 Å². The fourth-order valence-electron chi connectivity index (χ4n) is 1.80. The number of benzene rings is 2. The smallest absolute Gasteiger partial charge is 0.277 e. The van der Waals surface area contributed by atoms with Crippen LogP contribution < -0.4 is 14.9 Å². The van der Waals surface area contributed by atoms with Gasteiger partial charge < -0.3 is 14.6 Å². The number of nitrogens with zero attached hydrogens (tertiary/aromatic N) is 1. The molecule has 2 aromatic carbocycles. The molecule has 0 spiro atoms. The van der Waals surface area contributed by atoms with Gasteiger partial charge in [0.25, 0.3) is 5.91 Å². The van der Waals surface area contributed by atoms with Crippen molar-refractivity contribution < 1.29 is 19.4 Å². The van der Waals surface area contributed by atoms with Crippen LogP contribution >= 0.6 is 11.6 Å². The Balaban J connectivity index is 1.86. The summed E-state index contributed by atoms with van der Waals surface area (Å²) in [6.45, 7) is 2.05. The molecule has 0 bridgehead atoms. The number of phenolic OH excluding ortho intramolecular Hbond substituents is 1. The van der Waals surface area contributed by atoms with Gasteiger partial charge in [-0.3, -0.25) is 4.79 Å². The van der Waals surface area contributed by atoms with Crippen molar-refractivity contribution in [1.82, 2.24) is 5.43 Å². The molecule has 126 valence electrons. The van der Waals surface area contributed by atoms with Crippen LogP contribution in [0.1, 0.15) is 12.5 Å². The molecule has 24 heavy (non-hydrogen) atoms. The lowest BCUT2D eigenvalue weighted by molar-refractivity contribution is -0.123. The highest BCUT2D eigenvalue weighted by Gasteiger charge is 2.05. The Morgan fingerprint density at radius 2 is 2.04 bits per heavy atom. The molecule has 1 amide bonds. The van der Waals surface area contributed by atoms with E-state index in [2.05, 4.69) is 10.5 Å². The summed E-state index contributed by atoms with van der Waals surface area (Å²) in [7, 11) is 0. The van der Waals surface area contributed by atoms with Gasteiger partial charge in [-0.1, -0.05) is 23.7 Å². The molecule has 0 saturated carbocycles. The zero-order chi connectivity index (χ0) is 17.4. The maximum absolute atomic E-state index is 11.7. The molecule has 0 aliphatic carbocycles. The molecule has 0 saturated heterocycles. The number of rotatable bonds is 7. The van der Waals surface area contributed by atoms with Crippen LogP contribution in [0.25, 0.3) is 0 Å². The van der Waals surface area contributed by atoms with Crippen molar-refractivity contribution in [2.45, 2.75) is 6.92 Å². The quantitative estimate of drug-likeness (QED) is 0.595. The van der Waals surface area contributed by atoms with Crippen molar-refractivity contribution >= 4 is 23.7 Å². The summed E-state index contributed by atoms with van der Waals surface area (Å²) < 4.78 is 10.6. The summed E-state index contributed by atoms with van der Waals surface area (Å²) in [6, 6.07) is 11.6. The fourth-order valence-corrected chi connectivity index (χ4v) is 1.99. The number of aromatic hydroxyl groups is 1. The summed E-state index contributed by atoms with van der Waals surface area (Å²) in [5.41, 5.74) is 3.02. The van der Waals surface area contributed by atoms with Gasteiger partial charge in [0, 0.05) is 0 Å². The Labute approximate surface area is 144 Å². The van der Waals surface area contributed by atoms with Crippen LogP contribution in [-0.2, 0) is 4.79 Å². The molecule has 0 aliphatic heterocycles. The predicted molar refractivity (Wildman–Crippen MR) is 92.0 cm³/mol. The van der Waals surface area contributed by atoms with E-state index in [4.69, 9.17) is 21.1 Å². The molecule has 2 rings (SSSR count). The molecular weight excluding hydrogens is 332 g/mol. The Morgan fingerprint density at radius 1 is 1.25 bits per heavy atom. The third-order valence-corrected chi connectivity index (χ3v) is 3.19. The first-order valence-corrected chi connectivity index (χ1v) is 7.63. The second-order valence-corrected chi connectivity index (χ2v) is 5.08. The van der Waals surface area contributed by atoms with E-state index in [1.165, 1.54) is 12.3 Å². The van der Waals surface area contributed by atoms with Gasteiger partial charge >= 0.3 is 0 Å². The van der Waals surface area contributed by atoms with Gasteiger partial charge in [0.05, 0.1) is 17.8 Å². The summed E-state index contributed by atoms with van der Waals surface area (Å²) in [5, 5.41) is 13.9. The number of hydrazone groups is 1. The lowest BCUT2D eigenvalue weighted by atomic mass is 10.2. The van der Waals surface area contributed by atoms with Crippen molar-refractivity contribution in [3.8, 4) is 17.2 Å². The minimum atomic E-state index is -0.421. The lowest BCUT2D eigenvalue weighted by Gasteiger charge is -2.07. The standard InChI is InChI=1S/C17H17ClN2O4/c1-2-23-16-9-12(7-8-14(16)21)10-19-20-17(22)11-24-15-6-4-3-5-13(15)18/h3-10,21H,2,11H2,1H3,(H,20,22)/b19-10+. The summed E-state index contributed by atoms with van der Waals surface area (Å²) in [4.78, 5) is 11.7. The number of amides is 1. The van der Waals surface area contributed by atoms with Crippen LogP contribution in [0.4, 0.5) is 0 Å². The third-order valence-electron chi connectivity index (χ3n) is 2.88. The first-order valence-electron chi connectivity index (χ1n) is 7.25. The molecule has 2 N–H and O–H groups in total. The highest BCUT2D eigenvalue weighted by Crippen LogP contribution is 2.26. The van der Waals surface area contributed by atoms with Gasteiger partial charge in [-0.05, 0) is 42.8 Å². The minimum absolute atomic E-state index is 0.0474. The average molecular weight is 349 g/mol. The lowest BCUT2D eigenvalue weighted by Crippen LogP contribution is -2.24. The van der Waals surface area contributed by atoms with E-state index in [1.54, 1.807) is 36.4 Å². The molecule has 0 atom stereocenters. The molecule has 6 nitrogen and oxygen atoms in total. The average Bonchev–Trinajstić information content (AvgIpc) is 2.57. The van der Waals surface area contributed by atoms with Crippen LogP contribution in [0.15, 0.2) is 47.6 Å². The second kappa shape index (κ2) is 8.79. The molecule has 2 aromatic rings. The summed E-state index contributed by atoms with van der Waals surface area (Å²) in [5.74, 6) is 0.411. The first-order chi connectivity index (χ1) is 11.6. The van der Waals surface area contributed by atoms with Crippen molar-refractivity contribution in [3.05, 3.63) is 53.1 Å². The third kappa shape index (κ3) is 5.17. The maximum Gasteiger partial charge on any atom is 0.277 e. The van der Waals surface area contributed by atoms with E-state index < -0.39 is 5.91 Å². The van der Waals surface area contributed by atoms with Crippen molar-refractivity contribution in [3.63, 3.8) is 0 Å². The monoisotopic (exact) mass is 348 g/mol. The molecule has 0 unspecified atom stereocenters. The predicted octanol–water partition coefficient (Wildman–Crippen LogP) is 2.97. The van der Waals surface area contributed by atoms with E-state index in [-0.39, 0.29) is 12.4 Å². The Hall–Kier alpha value is -2.73. The van der Waals surface area contributed by atoms with Gasteiger partial charge in [-0.25, -0.2) is 5.43 Å². The number of phenols is 1. The van der Waals surface area contributed by atoms with Crippen molar-refractivity contribution in [2.24, 2.45) is 5.10 Å². The molecule has 0 aliphatic rings. The Morgan fingerprint density at radius 3 is 2.79 bits per heavy atom. The second-order valence-electron chi connectivity index (χ2n) is 4.67. The number of ether oxygens (including phenoxy) is 2. The van der Waals surface area contributed by atoms with Crippen LogP contribution in [0, 0.1) is 0 Å². The number of para-hydroxylation sites is 1. The molecule has 7 heteroatoms. The normalized spacial score (nSPS) is 10.6. The van der Waals surface area contributed by atoms with E-state index >= 15 is 0 Å². The number of hydrogen-bond donors (Lipinski definition) is 2. The minimum Gasteiger partial charge on any atom is -0.504 e. The summed E-state index contributed by atoms with van der Waals surface area (Å²) >= 11 is 5.93.